The van der Waals surface area contributed by atoms with Gasteiger partial charge in [-0.3, -0.25) is 9.44 Å². The number of halogens is 1. The van der Waals surface area contributed by atoms with Crippen molar-refractivity contribution < 1.29 is 21.6 Å². The first kappa shape index (κ1) is 26.4. The van der Waals surface area contributed by atoms with E-state index in [9.17, 15) is 16.8 Å². The van der Waals surface area contributed by atoms with Gasteiger partial charge < -0.3 is 9.64 Å². The van der Waals surface area contributed by atoms with E-state index < -0.39 is 20.0 Å². The summed E-state index contributed by atoms with van der Waals surface area (Å²) in [6.45, 7) is 2.07. The van der Waals surface area contributed by atoms with Gasteiger partial charge in [0.1, 0.15) is 12.4 Å². The van der Waals surface area contributed by atoms with Gasteiger partial charge in [0.2, 0.25) is 20.0 Å². The standard InChI is InChI=1S/C21H30BrN3O5S2/c1-25(15-16-30-21-10-8-19(9-11-21)23-31(2,26)27)14-12-18-4-6-20(7-5-18)24-32(28,29)17-3-13-22/h4-11,23-24H,3,12-17H2,1-2H3. The molecule has 0 spiro atoms. The third-order valence-electron chi connectivity index (χ3n) is 4.46. The lowest BCUT2D eigenvalue weighted by molar-refractivity contribution is 0.239. The third-order valence-corrected chi connectivity index (χ3v) is 7.00. The predicted octanol–water partition coefficient (Wildman–Crippen LogP) is 3.14. The summed E-state index contributed by atoms with van der Waals surface area (Å²) in [7, 11) is -4.59. The molecule has 2 aromatic carbocycles. The highest BCUT2D eigenvalue weighted by molar-refractivity contribution is 9.09. The highest BCUT2D eigenvalue weighted by atomic mass is 79.9. The summed E-state index contributed by atoms with van der Waals surface area (Å²) >= 11 is 3.24. The number of benzene rings is 2. The largest absolute Gasteiger partial charge is 0.492 e. The van der Waals surface area contributed by atoms with Crippen molar-refractivity contribution in [3.63, 3.8) is 0 Å². The van der Waals surface area contributed by atoms with E-state index in [1.54, 1.807) is 36.4 Å². The minimum Gasteiger partial charge on any atom is -0.492 e. The Morgan fingerprint density at radius 1 is 0.906 bits per heavy atom. The Balaban J connectivity index is 1.71. The number of ether oxygens (including phenoxy) is 1. The topological polar surface area (TPSA) is 105 Å². The Kier molecular flexibility index (Phi) is 10.3. The molecule has 2 N–H and O–H groups in total. The van der Waals surface area contributed by atoms with E-state index in [1.807, 2.05) is 19.2 Å². The van der Waals surface area contributed by atoms with Crippen LogP contribution in [0.1, 0.15) is 12.0 Å². The first-order valence-electron chi connectivity index (χ1n) is 10.1. The Hall–Kier alpha value is -1.82. The van der Waals surface area contributed by atoms with Crippen LogP contribution in [0.25, 0.3) is 0 Å². The van der Waals surface area contributed by atoms with E-state index in [-0.39, 0.29) is 5.75 Å². The lowest BCUT2D eigenvalue weighted by Crippen LogP contribution is -2.26. The number of anilines is 2. The molecular formula is C21H30BrN3O5S2. The molecule has 0 unspecified atom stereocenters. The van der Waals surface area contributed by atoms with Crippen molar-refractivity contribution in [3.8, 4) is 5.75 Å². The van der Waals surface area contributed by atoms with Crippen molar-refractivity contribution in [2.45, 2.75) is 12.8 Å². The fraction of sp³-hybridized carbons (Fsp3) is 0.429. The molecule has 0 saturated carbocycles. The van der Waals surface area contributed by atoms with Crippen molar-refractivity contribution >= 4 is 47.4 Å². The zero-order valence-corrected chi connectivity index (χ0v) is 21.5. The van der Waals surface area contributed by atoms with Gasteiger partial charge in [-0.1, -0.05) is 28.1 Å². The quantitative estimate of drug-likeness (QED) is 0.352. The average molecular weight is 549 g/mol. The average Bonchev–Trinajstić information content (AvgIpc) is 2.72. The van der Waals surface area contributed by atoms with Gasteiger partial charge in [0.15, 0.2) is 0 Å². The van der Waals surface area contributed by atoms with Gasteiger partial charge in [0, 0.05) is 29.8 Å². The summed E-state index contributed by atoms with van der Waals surface area (Å²) in [6, 6.07) is 14.2. The van der Waals surface area contributed by atoms with E-state index in [4.69, 9.17) is 4.74 Å². The minimum atomic E-state index is -3.31. The Morgan fingerprint density at radius 3 is 2.09 bits per heavy atom. The van der Waals surface area contributed by atoms with Gasteiger partial charge >= 0.3 is 0 Å². The number of hydrogen-bond donors (Lipinski definition) is 2. The van der Waals surface area contributed by atoms with Crippen LogP contribution in [0.15, 0.2) is 48.5 Å². The molecule has 0 fully saturated rings. The molecule has 8 nitrogen and oxygen atoms in total. The maximum atomic E-state index is 12.0. The maximum Gasteiger partial charge on any atom is 0.232 e. The van der Waals surface area contributed by atoms with Gasteiger partial charge in [-0.15, -0.1) is 0 Å². The molecule has 0 radical (unpaired) electrons. The molecule has 0 atom stereocenters. The van der Waals surface area contributed by atoms with Crippen LogP contribution in [0.3, 0.4) is 0 Å². The van der Waals surface area contributed by atoms with E-state index in [0.29, 0.717) is 35.5 Å². The van der Waals surface area contributed by atoms with E-state index >= 15 is 0 Å². The van der Waals surface area contributed by atoms with Crippen LogP contribution in [0.5, 0.6) is 5.75 Å². The number of nitrogens with zero attached hydrogens (tertiary/aromatic N) is 1. The van der Waals surface area contributed by atoms with Crippen LogP contribution >= 0.6 is 15.9 Å². The van der Waals surface area contributed by atoms with Crippen LogP contribution in [-0.2, 0) is 26.5 Å². The second-order valence-electron chi connectivity index (χ2n) is 7.46. The zero-order chi connectivity index (χ0) is 23.6. The second-order valence-corrected chi connectivity index (χ2v) is 11.8. The summed E-state index contributed by atoms with van der Waals surface area (Å²) in [5.41, 5.74) is 2.19. The Labute approximate surface area is 199 Å². The number of likely N-dealkylation sites (N-methyl/N-ethyl adjacent to an activating group) is 1. The molecule has 11 heteroatoms. The van der Waals surface area contributed by atoms with Gasteiger partial charge in [0.25, 0.3) is 0 Å². The normalized spacial score (nSPS) is 12.0. The van der Waals surface area contributed by atoms with Gasteiger partial charge in [-0.25, -0.2) is 16.8 Å². The number of nitrogens with one attached hydrogen (secondary N) is 2. The van der Waals surface area contributed by atoms with Gasteiger partial charge in [-0.05, 0) is 61.9 Å². The van der Waals surface area contributed by atoms with Crippen LogP contribution in [0.4, 0.5) is 11.4 Å². The molecule has 0 heterocycles. The van der Waals surface area contributed by atoms with Gasteiger partial charge in [0.05, 0.1) is 12.0 Å². The molecule has 32 heavy (non-hydrogen) atoms. The van der Waals surface area contributed by atoms with E-state index in [0.717, 1.165) is 31.3 Å². The molecule has 0 aliphatic heterocycles. The Morgan fingerprint density at radius 2 is 1.50 bits per heavy atom. The third kappa shape index (κ3) is 10.7. The molecule has 0 aromatic heterocycles. The second kappa shape index (κ2) is 12.4. The molecule has 0 saturated heterocycles. The predicted molar refractivity (Wildman–Crippen MR) is 134 cm³/mol. The van der Waals surface area contributed by atoms with Crippen molar-refractivity contribution in [1.29, 1.82) is 0 Å². The number of hydrogen-bond acceptors (Lipinski definition) is 6. The summed E-state index contributed by atoms with van der Waals surface area (Å²) in [4.78, 5) is 2.15. The van der Waals surface area contributed by atoms with Crippen molar-refractivity contribution in [2.75, 3.05) is 53.5 Å². The van der Waals surface area contributed by atoms with Crippen molar-refractivity contribution in [1.82, 2.24) is 4.90 Å². The molecule has 2 aromatic rings. The summed E-state index contributed by atoms with van der Waals surface area (Å²) in [5.74, 6) is 0.765. The highest BCUT2D eigenvalue weighted by Crippen LogP contribution is 2.16. The molecular weight excluding hydrogens is 518 g/mol. The molecule has 0 aliphatic carbocycles. The maximum absolute atomic E-state index is 12.0. The fourth-order valence-corrected chi connectivity index (χ4v) is 5.14. The molecule has 178 valence electrons. The zero-order valence-electron chi connectivity index (χ0n) is 18.3. The monoisotopic (exact) mass is 547 g/mol. The van der Waals surface area contributed by atoms with E-state index in [1.165, 1.54) is 0 Å². The van der Waals surface area contributed by atoms with Crippen molar-refractivity contribution in [3.05, 3.63) is 54.1 Å². The lowest BCUT2D eigenvalue weighted by Gasteiger charge is -2.17. The minimum absolute atomic E-state index is 0.0918. The number of sulfonamides is 2. The summed E-state index contributed by atoms with van der Waals surface area (Å²) < 4.78 is 57.1. The van der Waals surface area contributed by atoms with Crippen LogP contribution in [-0.4, -0.2) is 65.8 Å². The highest BCUT2D eigenvalue weighted by Gasteiger charge is 2.09. The van der Waals surface area contributed by atoms with Gasteiger partial charge in [-0.2, -0.15) is 0 Å². The van der Waals surface area contributed by atoms with Crippen LogP contribution in [0, 0.1) is 0 Å². The lowest BCUT2D eigenvalue weighted by atomic mass is 10.1. The fourth-order valence-electron chi connectivity index (χ4n) is 2.80. The first-order valence-corrected chi connectivity index (χ1v) is 14.8. The number of rotatable bonds is 14. The first-order chi connectivity index (χ1) is 15.1. The van der Waals surface area contributed by atoms with Crippen LogP contribution < -0.4 is 14.2 Å². The SMILES string of the molecule is CN(CCOc1ccc(NS(C)(=O)=O)cc1)CCc1ccc(NS(=O)(=O)CCCBr)cc1. The van der Waals surface area contributed by atoms with E-state index in [2.05, 4.69) is 30.3 Å². The number of alkyl halides is 1. The molecule has 2 rings (SSSR count). The summed E-state index contributed by atoms with van der Waals surface area (Å²) in [5, 5.41) is 0.653. The van der Waals surface area contributed by atoms with Crippen molar-refractivity contribution in [2.24, 2.45) is 0 Å². The summed E-state index contributed by atoms with van der Waals surface area (Å²) in [6.07, 6.45) is 2.50. The molecule has 0 amide bonds. The smallest absolute Gasteiger partial charge is 0.232 e. The molecule has 0 bridgehead atoms. The van der Waals surface area contributed by atoms with Crippen LogP contribution in [0.2, 0.25) is 0 Å². The Bertz CT molecular complexity index is 1040. The molecule has 0 aliphatic rings.